The molecule has 0 radical (unpaired) electrons. The lowest BCUT2D eigenvalue weighted by Gasteiger charge is -2.16. The maximum absolute atomic E-state index is 11.3. The minimum absolute atomic E-state index is 0.0263. The molecule has 0 aliphatic carbocycles. The number of rotatable bonds is 8. The molecule has 84 valence electrons. The molecular formula is C10H22N2O2. The molecule has 1 atom stereocenters. The van der Waals surface area contributed by atoms with Gasteiger partial charge in [-0.1, -0.05) is 19.8 Å². The Balaban J connectivity index is 3.62. The van der Waals surface area contributed by atoms with Gasteiger partial charge in [0.25, 0.3) is 0 Å². The number of ether oxygens (including phenoxy) is 1. The summed E-state index contributed by atoms with van der Waals surface area (Å²) in [5.41, 5.74) is 5.54. The van der Waals surface area contributed by atoms with Crippen molar-refractivity contribution in [1.29, 1.82) is 0 Å². The van der Waals surface area contributed by atoms with E-state index >= 15 is 0 Å². The third kappa shape index (κ3) is 6.86. The summed E-state index contributed by atoms with van der Waals surface area (Å²) in [7, 11) is 1.59. The minimum atomic E-state index is 0.0263. The lowest BCUT2D eigenvalue weighted by Crippen LogP contribution is -2.40. The molecule has 0 saturated carbocycles. The first-order valence-corrected chi connectivity index (χ1v) is 5.23. The van der Waals surface area contributed by atoms with E-state index in [2.05, 4.69) is 12.2 Å². The van der Waals surface area contributed by atoms with Crippen molar-refractivity contribution in [1.82, 2.24) is 5.32 Å². The normalized spacial score (nSPS) is 12.5. The SMILES string of the molecule is CCCCC(CN)NC(=O)CCOC. The van der Waals surface area contributed by atoms with Gasteiger partial charge < -0.3 is 15.8 Å². The van der Waals surface area contributed by atoms with E-state index in [0.717, 1.165) is 19.3 Å². The van der Waals surface area contributed by atoms with Crippen molar-refractivity contribution >= 4 is 5.91 Å². The highest BCUT2D eigenvalue weighted by molar-refractivity contribution is 5.76. The van der Waals surface area contributed by atoms with E-state index in [0.29, 0.717) is 19.6 Å². The number of hydrogen-bond donors (Lipinski definition) is 2. The van der Waals surface area contributed by atoms with Crippen LogP contribution in [-0.2, 0) is 9.53 Å². The molecule has 0 aromatic heterocycles. The van der Waals surface area contributed by atoms with Gasteiger partial charge in [0.05, 0.1) is 6.61 Å². The van der Waals surface area contributed by atoms with Crippen molar-refractivity contribution in [2.24, 2.45) is 5.73 Å². The molecule has 4 nitrogen and oxygen atoms in total. The predicted octanol–water partition coefficient (Wildman–Crippen LogP) is 0.657. The number of amides is 1. The lowest BCUT2D eigenvalue weighted by molar-refractivity contribution is -0.122. The van der Waals surface area contributed by atoms with Crippen LogP contribution in [0.25, 0.3) is 0 Å². The van der Waals surface area contributed by atoms with E-state index in [-0.39, 0.29) is 11.9 Å². The van der Waals surface area contributed by atoms with Gasteiger partial charge in [0, 0.05) is 26.1 Å². The summed E-state index contributed by atoms with van der Waals surface area (Å²) in [5.74, 6) is 0.0263. The number of nitrogens with one attached hydrogen (secondary N) is 1. The maximum atomic E-state index is 11.3. The second kappa shape index (κ2) is 8.97. The topological polar surface area (TPSA) is 64.3 Å². The molecule has 1 amide bonds. The Labute approximate surface area is 86.2 Å². The van der Waals surface area contributed by atoms with Crippen LogP contribution in [0.5, 0.6) is 0 Å². The van der Waals surface area contributed by atoms with Crippen LogP contribution in [0, 0.1) is 0 Å². The van der Waals surface area contributed by atoms with Crippen molar-refractivity contribution in [3.63, 3.8) is 0 Å². The lowest BCUT2D eigenvalue weighted by atomic mass is 10.1. The molecule has 0 rings (SSSR count). The Bertz CT molecular complexity index is 151. The Morgan fingerprint density at radius 1 is 1.57 bits per heavy atom. The third-order valence-electron chi connectivity index (χ3n) is 2.09. The quantitative estimate of drug-likeness (QED) is 0.607. The monoisotopic (exact) mass is 202 g/mol. The van der Waals surface area contributed by atoms with Gasteiger partial charge in [-0.25, -0.2) is 0 Å². The summed E-state index contributed by atoms with van der Waals surface area (Å²) in [6, 6.07) is 0.124. The van der Waals surface area contributed by atoms with Crippen molar-refractivity contribution < 1.29 is 9.53 Å². The Morgan fingerprint density at radius 2 is 2.29 bits per heavy atom. The van der Waals surface area contributed by atoms with E-state index in [1.807, 2.05) is 0 Å². The van der Waals surface area contributed by atoms with E-state index in [1.54, 1.807) is 7.11 Å². The summed E-state index contributed by atoms with van der Waals surface area (Å²) in [4.78, 5) is 11.3. The fourth-order valence-electron chi connectivity index (χ4n) is 1.19. The summed E-state index contributed by atoms with van der Waals surface area (Å²) in [6.07, 6.45) is 3.61. The van der Waals surface area contributed by atoms with Gasteiger partial charge >= 0.3 is 0 Å². The van der Waals surface area contributed by atoms with Crippen molar-refractivity contribution in [3.05, 3.63) is 0 Å². The highest BCUT2D eigenvalue weighted by Crippen LogP contribution is 1.99. The third-order valence-corrected chi connectivity index (χ3v) is 2.09. The maximum Gasteiger partial charge on any atom is 0.222 e. The van der Waals surface area contributed by atoms with Crippen LogP contribution in [0.15, 0.2) is 0 Å². The van der Waals surface area contributed by atoms with Crippen molar-refractivity contribution in [2.75, 3.05) is 20.3 Å². The highest BCUT2D eigenvalue weighted by atomic mass is 16.5. The second-order valence-electron chi connectivity index (χ2n) is 3.39. The van der Waals surface area contributed by atoms with E-state index in [4.69, 9.17) is 10.5 Å². The molecule has 0 spiro atoms. The smallest absolute Gasteiger partial charge is 0.222 e. The zero-order valence-corrected chi connectivity index (χ0v) is 9.21. The molecule has 0 aliphatic rings. The van der Waals surface area contributed by atoms with Crippen LogP contribution in [0.4, 0.5) is 0 Å². The fourth-order valence-corrected chi connectivity index (χ4v) is 1.19. The van der Waals surface area contributed by atoms with Crippen LogP contribution in [0.2, 0.25) is 0 Å². The van der Waals surface area contributed by atoms with Gasteiger partial charge in [0.1, 0.15) is 0 Å². The minimum Gasteiger partial charge on any atom is -0.384 e. The average molecular weight is 202 g/mol. The van der Waals surface area contributed by atoms with E-state index in [9.17, 15) is 4.79 Å². The molecule has 0 bridgehead atoms. The summed E-state index contributed by atoms with van der Waals surface area (Å²) in [6.45, 7) is 3.11. The average Bonchev–Trinajstić information content (AvgIpc) is 2.21. The fraction of sp³-hybridized carbons (Fsp3) is 0.900. The van der Waals surface area contributed by atoms with Gasteiger partial charge in [-0.05, 0) is 6.42 Å². The zero-order valence-electron chi connectivity index (χ0n) is 9.21. The molecule has 0 aliphatic heterocycles. The standard InChI is InChI=1S/C10H22N2O2/c1-3-4-5-9(8-11)12-10(13)6-7-14-2/h9H,3-8,11H2,1-2H3,(H,12,13). The summed E-state index contributed by atoms with van der Waals surface area (Å²) < 4.78 is 4.82. The first kappa shape index (κ1) is 13.4. The molecular weight excluding hydrogens is 180 g/mol. The molecule has 4 heteroatoms. The van der Waals surface area contributed by atoms with Crippen LogP contribution in [0.1, 0.15) is 32.6 Å². The molecule has 0 heterocycles. The molecule has 1 unspecified atom stereocenters. The number of carbonyl (C=O) groups excluding carboxylic acids is 1. The molecule has 0 aromatic carbocycles. The van der Waals surface area contributed by atoms with E-state index < -0.39 is 0 Å². The van der Waals surface area contributed by atoms with Gasteiger partial charge in [0.15, 0.2) is 0 Å². The number of hydrogen-bond acceptors (Lipinski definition) is 3. The Hall–Kier alpha value is -0.610. The summed E-state index contributed by atoms with van der Waals surface area (Å²) >= 11 is 0. The Kier molecular flexibility index (Phi) is 8.57. The largest absolute Gasteiger partial charge is 0.384 e. The highest BCUT2D eigenvalue weighted by Gasteiger charge is 2.09. The predicted molar refractivity (Wildman–Crippen MR) is 57.0 cm³/mol. The molecule has 14 heavy (non-hydrogen) atoms. The van der Waals surface area contributed by atoms with Crippen LogP contribution < -0.4 is 11.1 Å². The zero-order chi connectivity index (χ0) is 10.8. The van der Waals surface area contributed by atoms with Gasteiger partial charge in [-0.15, -0.1) is 0 Å². The van der Waals surface area contributed by atoms with Crippen LogP contribution in [-0.4, -0.2) is 32.2 Å². The van der Waals surface area contributed by atoms with Gasteiger partial charge in [-0.2, -0.15) is 0 Å². The van der Waals surface area contributed by atoms with Crippen LogP contribution >= 0.6 is 0 Å². The van der Waals surface area contributed by atoms with E-state index in [1.165, 1.54) is 0 Å². The van der Waals surface area contributed by atoms with Crippen molar-refractivity contribution in [3.8, 4) is 0 Å². The number of carbonyl (C=O) groups is 1. The first-order valence-electron chi connectivity index (χ1n) is 5.23. The molecule has 0 saturated heterocycles. The second-order valence-corrected chi connectivity index (χ2v) is 3.39. The first-order chi connectivity index (χ1) is 6.74. The number of nitrogens with two attached hydrogens (primary N) is 1. The van der Waals surface area contributed by atoms with Gasteiger partial charge in [0.2, 0.25) is 5.91 Å². The number of methoxy groups -OCH3 is 1. The van der Waals surface area contributed by atoms with Gasteiger partial charge in [-0.3, -0.25) is 4.79 Å². The molecule has 0 aromatic rings. The number of unbranched alkanes of at least 4 members (excludes halogenated alkanes) is 1. The molecule has 3 N–H and O–H groups in total. The van der Waals surface area contributed by atoms with Crippen LogP contribution in [0.3, 0.4) is 0 Å². The summed E-state index contributed by atoms with van der Waals surface area (Å²) in [5, 5.41) is 2.89. The van der Waals surface area contributed by atoms with Crippen molar-refractivity contribution in [2.45, 2.75) is 38.6 Å². The molecule has 0 fully saturated rings. The Morgan fingerprint density at radius 3 is 2.79 bits per heavy atom.